The molecule has 0 heterocycles. The maximum Gasteiger partial charge on any atom is 0.306 e. The van der Waals surface area contributed by atoms with Gasteiger partial charge in [-0.3, -0.25) is 19.2 Å². The molecule has 0 bridgehead atoms. The zero-order valence-corrected chi connectivity index (χ0v) is 41.7. The number of carbonyl (C=O) groups is 4. The second-order valence-corrected chi connectivity index (χ2v) is 19.8. The first-order chi connectivity index (χ1) is 29.3. The molecule has 0 rings (SSSR count). The van der Waals surface area contributed by atoms with Crippen molar-refractivity contribution in [2.45, 2.75) is 234 Å². The third-order valence-electron chi connectivity index (χ3n) is 12.3. The largest absolute Gasteiger partial charge is 0.465 e. The molecule has 0 aromatic heterocycles. The molecule has 0 saturated carbocycles. The SMILES string of the molecule is CCCCCCC(CCCC)CC(=O)OCC(COC(=O)CCCC[N+](C)(C)C)(COC(=O)CC(CCCCC)CCCCC)COC(=O)CC(CCCCC)CCCCC. The lowest BCUT2D eigenvalue weighted by molar-refractivity contribution is -0.870. The first kappa shape index (κ1) is 58.8. The summed E-state index contributed by atoms with van der Waals surface area (Å²) in [5.41, 5.74) is -1.24. The van der Waals surface area contributed by atoms with Gasteiger partial charge >= 0.3 is 23.9 Å². The Kier molecular flexibility index (Phi) is 37.0. The standard InChI is InChI=1S/C52H100NO8/c1-10-16-22-27-35-45(30-21-15-6)38-49(55)59-42-52(41-58-48(54)36-28-29-37-53(7,8)9,43-60-50(56)39-46(31-23-17-11-2)32-24-18-12-3)44-61-51(57)40-47(33-25-19-13-4)34-26-20-14-5/h45-47H,10-44H2,1-9H3/q+1. The van der Waals surface area contributed by atoms with E-state index in [1.54, 1.807) is 0 Å². The Morgan fingerprint density at radius 1 is 0.377 bits per heavy atom. The lowest BCUT2D eigenvalue weighted by atomic mass is 9.90. The van der Waals surface area contributed by atoms with E-state index in [1.165, 1.54) is 6.42 Å². The summed E-state index contributed by atoms with van der Waals surface area (Å²) in [5.74, 6) is -0.613. The fraction of sp³-hybridized carbons (Fsp3) is 0.923. The summed E-state index contributed by atoms with van der Waals surface area (Å²) in [4.78, 5) is 54.3. The average Bonchev–Trinajstić information content (AvgIpc) is 3.22. The molecule has 0 aliphatic heterocycles. The quantitative estimate of drug-likeness (QED) is 0.0258. The third kappa shape index (κ3) is 34.9. The van der Waals surface area contributed by atoms with Crippen LogP contribution in [0.25, 0.3) is 0 Å². The highest BCUT2D eigenvalue weighted by molar-refractivity contribution is 5.71. The smallest absolute Gasteiger partial charge is 0.306 e. The van der Waals surface area contributed by atoms with Crippen LogP contribution in [0.3, 0.4) is 0 Å². The Bertz CT molecular complexity index is 1030. The van der Waals surface area contributed by atoms with Gasteiger partial charge in [0.2, 0.25) is 0 Å². The Morgan fingerprint density at radius 2 is 0.672 bits per heavy atom. The van der Waals surface area contributed by atoms with Crippen molar-refractivity contribution in [2.75, 3.05) is 54.1 Å². The Balaban J connectivity index is 6.48. The number of carbonyl (C=O) groups excluding carboxylic acids is 4. The monoisotopic (exact) mass is 867 g/mol. The molecule has 1 atom stereocenters. The normalized spacial score (nSPS) is 12.5. The molecular weight excluding hydrogens is 767 g/mol. The minimum absolute atomic E-state index is 0.176. The number of quaternary nitrogens is 1. The fourth-order valence-corrected chi connectivity index (χ4v) is 8.13. The highest BCUT2D eigenvalue weighted by Gasteiger charge is 2.38. The van der Waals surface area contributed by atoms with Crippen molar-refractivity contribution in [3.05, 3.63) is 0 Å². The van der Waals surface area contributed by atoms with Crippen LogP contribution < -0.4 is 0 Å². The van der Waals surface area contributed by atoms with Gasteiger partial charge in [0.05, 0.1) is 27.7 Å². The van der Waals surface area contributed by atoms with E-state index in [0.717, 1.165) is 165 Å². The van der Waals surface area contributed by atoms with Crippen molar-refractivity contribution >= 4 is 23.9 Å². The number of nitrogens with zero attached hydrogens (tertiary/aromatic N) is 1. The van der Waals surface area contributed by atoms with Gasteiger partial charge in [0.1, 0.15) is 31.8 Å². The van der Waals surface area contributed by atoms with Crippen LogP contribution in [0.4, 0.5) is 0 Å². The van der Waals surface area contributed by atoms with Crippen LogP contribution in [0.1, 0.15) is 234 Å². The zero-order valence-electron chi connectivity index (χ0n) is 41.7. The number of hydrogen-bond donors (Lipinski definition) is 0. The zero-order chi connectivity index (χ0) is 45.6. The maximum atomic E-state index is 13.7. The van der Waals surface area contributed by atoms with Crippen LogP contribution in [0.2, 0.25) is 0 Å². The van der Waals surface area contributed by atoms with Gasteiger partial charge in [0.15, 0.2) is 0 Å². The molecule has 0 spiro atoms. The number of rotatable bonds is 43. The van der Waals surface area contributed by atoms with Gasteiger partial charge in [-0.15, -0.1) is 0 Å². The highest BCUT2D eigenvalue weighted by atomic mass is 16.6. The molecule has 0 aliphatic carbocycles. The summed E-state index contributed by atoms with van der Waals surface area (Å²) >= 11 is 0. The Hall–Kier alpha value is -2.16. The molecule has 9 nitrogen and oxygen atoms in total. The molecule has 0 aliphatic rings. The predicted octanol–water partition coefficient (Wildman–Crippen LogP) is 13.5. The molecule has 0 N–H and O–H groups in total. The van der Waals surface area contributed by atoms with Crippen molar-refractivity contribution in [1.29, 1.82) is 0 Å². The van der Waals surface area contributed by atoms with Gasteiger partial charge in [0, 0.05) is 25.7 Å². The van der Waals surface area contributed by atoms with Crippen molar-refractivity contribution in [3.63, 3.8) is 0 Å². The van der Waals surface area contributed by atoms with Crippen LogP contribution in [-0.2, 0) is 38.1 Å². The van der Waals surface area contributed by atoms with Gasteiger partial charge in [-0.05, 0) is 69.1 Å². The fourth-order valence-electron chi connectivity index (χ4n) is 8.13. The summed E-state index contributed by atoms with van der Waals surface area (Å²) < 4.78 is 25.0. The second-order valence-electron chi connectivity index (χ2n) is 19.8. The minimum Gasteiger partial charge on any atom is -0.465 e. The van der Waals surface area contributed by atoms with Crippen LogP contribution in [0.5, 0.6) is 0 Å². The highest BCUT2D eigenvalue weighted by Crippen LogP contribution is 2.28. The summed E-state index contributed by atoms with van der Waals surface area (Å²) in [7, 11) is 6.39. The molecule has 0 saturated heterocycles. The molecule has 61 heavy (non-hydrogen) atoms. The first-order valence-electron chi connectivity index (χ1n) is 25.7. The van der Waals surface area contributed by atoms with Crippen molar-refractivity contribution in [3.8, 4) is 0 Å². The number of ether oxygens (including phenoxy) is 4. The van der Waals surface area contributed by atoms with Gasteiger partial charge < -0.3 is 23.4 Å². The third-order valence-corrected chi connectivity index (χ3v) is 12.3. The summed E-state index contributed by atoms with van der Waals surface area (Å²) in [6.45, 7) is 13.4. The summed E-state index contributed by atoms with van der Waals surface area (Å²) in [6, 6.07) is 0. The van der Waals surface area contributed by atoms with E-state index in [9.17, 15) is 19.2 Å². The molecule has 0 radical (unpaired) electrons. The van der Waals surface area contributed by atoms with Gasteiger partial charge in [-0.25, -0.2) is 0 Å². The molecule has 0 aromatic rings. The van der Waals surface area contributed by atoms with Crippen LogP contribution in [0.15, 0.2) is 0 Å². The number of hydrogen-bond acceptors (Lipinski definition) is 8. The van der Waals surface area contributed by atoms with E-state index in [4.69, 9.17) is 18.9 Å². The van der Waals surface area contributed by atoms with Crippen molar-refractivity contribution in [2.24, 2.45) is 23.2 Å². The number of unbranched alkanes of at least 4 members (excludes halogenated alkanes) is 13. The van der Waals surface area contributed by atoms with E-state index < -0.39 is 5.41 Å². The maximum absolute atomic E-state index is 13.7. The van der Waals surface area contributed by atoms with Gasteiger partial charge in [-0.2, -0.15) is 0 Å². The van der Waals surface area contributed by atoms with E-state index >= 15 is 0 Å². The first-order valence-corrected chi connectivity index (χ1v) is 25.7. The van der Waals surface area contributed by atoms with Gasteiger partial charge in [0.25, 0.3) is 0 Å². The number of esters is 4. The van der Waals surface area contributed by atoms with Crippen LogP contribution >= 0.6 is 0 Å². The minimum atomic E-state index is -1.24. The summed E-state index contributed by atoms with van der Waals surface area (Å²) in [6.07, 6.45) is 28.7. The molecule has 9 heteroatoms. The van der Waals surface area contributed by atoms with E-state index in [0.29, 0.717) is 25.7 Å². The Morgan fingerprint density at radius 3 is 1.00 bits per heavy atom. The molecule has 0 amide bonds. The van der Waals surface area contributed by atoms with Crippen molar-refractivity contribution in [1.82, 2.24) is 0 Å². The molecule has 1 unspecified atom stereocenters. The van der Waals surface area contributed by atoms with E-state index in [2.05, 4.69) is 62.7 Å². The lowest BCUT2D eigenvalue weighted by Crippen LogP contribution is -2.44. The van der Waals surface area contributed by atoms with Crippen LogP contribution in [0, 0.1) is 23.2 Å². The predicted molar refractivity (Wildman–Crippen MR) is 252 cm³/mol. The molecule has 0 aromatic carbocycles. The Labute approximate surface area is 376 Å². The second kappa shape index (κ2) is 38.3. The molecule has 0 fully saturated rings. The van der Waals surface area contributed by atoms with Crippen molar-refractivity contribution < 1.29 is 42.6 Å². The van der Waals surface area contributed by atoms with Crippen LogP contribution in [-0.4, -0.2) is 82.5 Å². The average molecular weight is 867 g/mol. The lowest BCUT2D eigenvalue weighted by Gasteiger charge is -2.32. The molecular formula is C52H100NO8+. The molecule has 360 valence electrons. The summed E-state index contributed by atoms with van der Waals surface area (Å²) in [5, 5.41) is 0. The van der Waals surface area contributed by atoms with E-state index in [-0.39, 0.29) is 74.5 Å². The van der Waals surface area contributed by atoms with E-state index in [1.807, 2.05) is 0 Å². The van der Waals surface area contributed by atoms with Gasteiger partial charge in [-0.1, -0.05) is 157 Å². The topological polar surface area (TPSA) is 105 Å².